The average molecular weight is 553 g/mol. The fourth-order valence-electron chi connectivity index (χ4n) is 4.08. The zero-order valence-corrected chi connectivity index (χ0v) is 22.7. The summed E-state index contributed by atoms with van der Waals surface area (Å²) in [5.74, 6) is -0.959. The molecule has 1 N–H and O–H groups in total. The van der Waals surface area contributed by atoms with Gasteiger partial charge >= 0.3 is 0 Å². The topological polar surface area (TPSA) is 130 Å². The number of anilines is 1. The van der Waals surface area contributed by atoms with Crippen LogP contribution in [-0.4, -0.2) is 49.2 Å². The van der Waals surface area contributed by atoms with E-state index in [9.17, 15) is 28.1 Å². The van der Waals surface area contributed by atoms with Crippen molar-refractivity contribution in [3.8, 4) is 0 Å². The lowest BCUT2D eigenvalue weighted by molar-refractivity contribution is -0.384. The van der Waals surface area contributed by atoms with E-state index in [4.69, 9.17) is 0 Å². The van der Waals surface area contributed by atoms with Gasteiger partial charge in [0, 0.05) is 25.2 Å². The first-order valence-corrected chi connectivity index (χ1v) is 14.1. The van der Waals surface area contributed by atoms with E-state index in [1.807, 2.05) is 37.3 Å². The van der Waals surface area contributed by atoms with Crippen LogP contribution in [0.3, 0.4) is 0 Å². The second-order valence-corrected chi connectivity index (χ2v) is 10.7. The van der Waals surface area contributed by atoms with Crippen molar-refractivity contribution < 1.29 is 22.9 Å². The van der Waals surface area contributed by atoms with Crippen LogP contribution in [0.25, 0.3) is 0 Å². The molecule has 0 aliphatic carbocycles. The Kier molecular flexibility index (Phi) is 10.2. The van der Waals surface area contributed by atoms with Gasteiger partial charge in [-0.1, -0.05) is 68.4 Å². The Morgan fingerprint density at radius 1 is 0.949 bits per heavy atom. The monoisotopic (exact) mass is 552 g/mol. The molecular formula is C28H32N4O6S. The fourth-order valence-corrected chi connectivity index (χ4v) is 5.50. The molecule has 0 spiro atoms. The molecule has 39 heavy (non-hydrogen) atoms. The van der Waals surface area contributed by atoms with Crippen LogP contribution < -0.4 is 9.62 Å². The van der Waals surface area contributed by atoms with E-state index in [1.54, 1.807) is 25.1 Å². The second-order valence-electron chi connectivity index (χ2n) is 8.82. The number of nitro benzene ring substituents is 1. The number of rotatable bonds is 13. The molecule has 0 aliphatic rings. The van der Waals surface area contributed by atoms with Crippen molar-refractivity contribution in [2.45, 2.75) is 44.2 Å². The van der Waals surface area contributed by atoms with Gasteiger partial charge in [0.15, 0.2) is 0 Å². The number of non-ortho nitro benzene ring substituents is 1. The highest BCUT2D eigenvalue weighted by molar-refractivity contribution is 7.92. The summed E-state index contributed by atoms with van der Waals surface area (Å²) in [6.45, 7) is 3.54. The number of nitrogens with one attached hydrogen (secondary N) is 1. The first-order chi connectivity index (χ1) is 18.7. The number of benzene rings is 3. The minimum Gasteiger partial charge on any atom is -0.354 e. The molecule has 11 heteroatoms. The molecule has 0 radical (unpaired) electrons. The van der Waals surface area contributed by atoms with E-state index in [-0.39, 0.29) is 28.7 Å². The molecule has 0 heterocycles. The predicted octanol–water partition coefficient (Wildman–Crippen LogP) is 4.12. The first-order valence-electron chi connectivity index (χ1n) is 12.6. The van der Waals surface area contributed by atoms with Gasteiger partial charge in [-0.3, -0.25) is 24.0 Å². The van der Waals surface area contributed by atoms with Gasteiger partial charge in [-0.15, -0.1) is 0 Å². The average Bonchev–Trinajstić information content (AvgIpc) is 2.95. The van der Waals surface area contributed by atoms with E-state index in [2.05, 4.69) is 5.32 Å². The lowest BCUT2D eigenvalue weighted by Gasteiger charge is -2.33. The van der Waals surface area contributed by atoms with Crippen LogP contribution in [0.4, 0.5) is 11.4 Å². The van der Waals surface area contributed by atoms with Gasteiger partial charge in [-0.25, -0.2) is 8.42 Å². The second kappa shape index (κ2) is 13.5. The van der Waals surface area contributed by atoms with Crippen LogP contribution in [0, 0.1) is 10.1 Å². The Bertz CT molecular complexity index is 1380. The van der Waals surface area contributed by atoms with Gasteiger partial charge in [0.2, 0.25) is 11.8 Å². The molecule has 0 aromatic heterocycles. The smallest absolute Gasteiger partial charge is 0.271 e. The largest absolute Gasteiger partial charge is 0.354 e. The fraction of sp³-hybridized carbons (Fsp3) is 0.286. The van der Waals surface area contributed by atoms with Gasteiger partial charge in [-0.05, 0) is 36.6 Å². The Morgan fingerprint density at radius 3 is 2.18 bits per heavy atom. The third kappa shape index (κ3) is 7.41. The zero-order valence-electron chi connectivity index (χ0n) is 21.9. The highest BCUT2D eigenvalue weighted by atomic mass is 32.2. The van der Waals surface area contributed by atoms with E-state index in [1.165, 1.54) is 35.2 Å². The number of nitrogens with zero attached hydrogens (tertiary/aromatic N) is 3. The van der Waals surface area contributed by atoms with Crippen molar-refractivity contribution in [3.05, 3.63) is 101 Å². The summed E-state index contributed by atoms with van der Waals surface area (Å²) in [4.78, 5) is 39.1. The molecule has 0 unspecified atom stereocenters. The van der Waals surface area contributed by atoms with Crippen molar-refractivity contribution >= 4 is 33.2 Å². The quantitative estimate of drug-likeness (QED) is 0.251. The highest BCUT2D eigenvalue weighted by Gasteiger charge is 2.34. The van der Waals surface area contributed by atoms with Crippen LogP contribution in [0.2, 0.25) is 0 Å². The third-order valence-corrected chi connectivity index (χ3v) is 7.86. The summed E-state index contributed by atoms with van der Waals surface area (Å²) in [5, 5.41) is 14.3. The van der Waals surface area contributed by atoms with Crippen LogP contribution in [-0.2, 0) is 26.2 Å². The Morgan fingerprint density at radius 2 is 1.59 bits per heavy atom. The summed E-state index contributed by atoms with van der Waals surface area (Å²) >= 11 is 0. The molecule has 10 nitrogen and oxygen atoms in total. The van der Waals surface area contributed by atoms with Crippen LogP contribution in [0.5, 0.6) is 0 Å². The Labute approximate surface area is 228 Å². The maximum absolute atomic E-state index is 13.9. The lowest BCUT2D eigenvalue weighted by atomic mass is 10.1. The van der Waals surface area contributed by atoms with Crippen molar-refractivity contribution in [1.82, 2.24) is 10.2 Å². The molecule has 206 valence electrons. The molecule has 3 aromatic rings. The SMILES string of the molecule is CCCNC(=O)[C@H](CC)N(Cc1ccccc1)C(=O)CN(c1cccc([N+](=O)[O-])c1)S(=O)(=O)c1ccccc1. The van der Waals surface area contributed by atoms with E-state index in [0.29, 0.717) is 19.4 Å². The van der Waals surface area contributed by atoms with Crippen molar-refractivity contribution in [2.24, 2.45) is 0 Å². The van der Waals surface area contributed by atoms with Gasteiger partial charge < -0.3 is 10.2 Å². The minimum atomic E-state index is -4.30. The van der Waals surface area contributed by atoms with Crippen LogP contribution in [0.15, 0.2) is 89.8 Å². The molecule has 2 amide bonds. The number of carbonyl (C=O) groups is 2. The zero-order chi connectivity index (χ0) is 28.4. The van der Waals surface area contributed by atoms with Crippen molar-refractivity contribution in [3.63, 3.8) is 0 Å². The molecule has 0 aliphatic heterocycles. The standard InChI is InChI=1S/C28H32N4O6S/c1-3-18-29-28(34)26(4-2)30(20-22-12-7-5-8-13-22)27(33)21-31(23-14-11-15-24(19-23)32(35)36)39(37,38)25-16-9-6-10-17-25/h5-17,19,26H,3-4,18,20-21H2,1-2H3,(H,29,34)/t26-/m0/s1. The summed E-state index contributed by atoms with van der Waals surface area (Å²) in [7, 11) is -4.30. The number of amides is 2. The van der Waals surface area contributed by atoms with Gasteiger partial charge in [0.1, 0.15) is 12.6 Å². The molecule has 3 rings (SSSR count). The van der Waals surface area contributed by atoms with Crippen LogP contribution >= 0.6 is 0 Å². The Hall–Kier alpha value is -4.25. The highest BCUT2D eigenvalue weighted by Crippen LogP contribution is 2.27. The van der Waals surface area contributed by atoms with Crippen LogP contribution in [0.1, 0.15) is 32.3 Å². The normalized spacial score (nSPS) is 11.8. The third-order valence-electron chi connectivity index (χ3n) is 6.07. The molecule has 0 bridgehead atoms. The summed E-state index contributed by atoms with van der Waals surface area (Å²) < 4.78 is 28.4. The molecular weight excluding hydrogens is 520 g/mol. The number of nitro groups is 1. The summed E-state index contributed by atoms with van der Waals surface area (Å²) in [6.07, 6.45) is 1.01. The van der Waals surface area contributed by atoms with Crippen molar-refractivity contribution in [2.75, 3.05) is 17.4 Å². The number of sulfonamides is 1. The van der Waals surface area contributed by atoms with Crippen molar-refractivity contribution in [1.29, 1.82) is 0 Å². The van der Waals surface area contributed by atoms with E-state index < -0.39 is 33.4 Å². The molecule has 3 aromatic carbocycles. The lowest BCUT2D eigenvalue weighted by Crippen LogP contribution is -2.52. The minimum absolute atomic E-state index is 0.0375. The molecule has 0 fully saturated rings. The Balaban J connectivity index is 2.07. The maximum atomic E-state index is 13.9. The number of hydrogen-bond donors (Lipinski definition) is 1. The number of carbonyl (C=O) groups excluding carboxylic acids is 2. The molecule has 0 saturated heterocycles. The summed E-state index contributed by atoms with van der Waals surface area (Å²) in [6, 6.07) is 20.9. The maximum Gasteiger partial charge on any atom is 0.271 e. The number of hydrogen-bond acceptors (Lipinski definition) is 6. The van der Waals surface area contributed by atoms with E-state index in [0.717, 1.165) is 15.9 Å². The molecule has 1 atom stereocenters. The van der Waals surface area contributed by atoms with Gasteiger partial charge in [-0.2, -0.15) is 0 Å². The van der Waals surface area contributed by atoms with Gasteiger partial charge in [0.05, 0.1) is 15.5 Å². The summed E-state index contributed by atoms with van der Waals surface area (Å²) in [5.41, 5.74) is 0.407. The first kappa shape index (κ1) is 29.3. The predicted molar refractivity (Wildman–Crippen MR) is 148 cm³/mol. The molecule has 0 saturated carbocycles. The van der Waals surface area contributed by atoms with E-state index >= 15 is 0 Å². The van der Waals surface area contributed by atoms with Gasteiger partial charge in [0.25, 0.3) is 15.7 Å².